The number of halogens is 2. The molecule has 0 saturated carbocycles. The van der Waals surface area contributed by atoms with Gasteiger partial charge >= 0.3 is 0 Å². The Balaban J connectivity index is 0.00000128. The third kappa shape index (κ3) is 3.63. The van der Waals surface area contributed by atoms with Crippen LogP contribution in [0.4, 0.5) is 0 Å². The largest absolute Gasteiger partial charge is 0.380 e. The molecule has 1 saturated heterocycles. The summed E-state index contributed by atoms with van der Waals surface area (Å²) in [6.45, 7) is 0.967. The molecule has 0 unspecified atom stereocenters. The lowest BCUT2D eigenvalue weighted by molar-refractivity contribution is 0.117. The number of hydrogen-bond donors (Lipinski definition) is 1. The van der Waals surface area contributed by atoms with Crippen LogP contribution >= 0.6 is 24.0 Å². The van der Waals surface area contributed by atoms with Gasteiger partial charge in [-0.3, -0.25) is 0 Å². The van der Waals surface area contributed by atoms with Crippen molar-refractivity contribution in [2.75, 3.05) is 13.7 Å². The molecule has 1 aromatic rings. The lowest BCUT2D eigenvalue weighted by atomic mass is 10.0. The summed E-state index contributed by atoms with van der Waals surface area (Å²) in [6, 6.07) is 8.60. The second-order valence-corrected chi connectivity index (χ2v) is 4.47. The number of methoxy groups -OCH3 is 1. The summed E-state index contributed by atoms with van der Waals surface area (Å²) in [5.41, 5.74) is 1.33. The van der Waals surface area contributed by atoms with Crippen LogP contribution < -0.4 is 5.32 Å². The van der Waals surface area contributed by atoms with E-state index in [-0.39, 0.29) is 12.4 Å². The van der Waals surface area contributed by atoms with Gasteiger partial charge in [-0.2, -0.15) is 0 Å². The van der Waals surface area contributed by atoms with Gasteiger partial charge < -0.3 is 10.1 Å². The number of rotatable bonds is 3. The Morgan fingerprint density at radius 1 is 1.38 bits per heavy atom. The summed E-state index contributed by atoms with van der Waals surface area (Å²) < 4.78 is 5.31. The van der Waals surface area contributed by atoms with E-state index in [0.29, 0.717) is 12.1 Å². The zero-order valence-electron chi connectivity index (χ0n) is 9.28. The van der Waals surface area contributed by atoms with Gasteiger partial charge in [0.1, 0.15) is 0 Å². The summed E-state index contributed by atoms with van der Waals surface area (Å²) in [5, 5.41) is 4.26. The van der Waals surface area contributed by atoms with Crippen LogP contribution in [0, 0.1) is 0 Å². The first-order valence-corrected chi connectivity index (χ1v) is 5.66. The molecule has 4 heteroatoms. The molecule has 2 nitrogen and oxygen atoms in total. The van der Waals surface area contributed by atoms with Crippen molar-refractivity contribution in [1.82, 2.24) is 5.32 Å². The maximum atomic E-state index is 5.84. The van der Waals surface area contributed by atoms with Gasteiger partial charge in [0.2, 0.25) is 0 Å². The third-order valence-electron chi connectivity index (χ3n) is 2.91. The number of nitrogens with one attached hydrogen (secondary N) is 1. The standard InChI is InChI=1S/C12H16ClNO.ClH/c1-15-12-7-11(14-8-12)6-9-2-4-10(13)5-3-9;/h2-5,11-12,14H,6-8H2,1H3;1H/t11-,12-;/m0./s1. The molecule has 2 rings (SSSR count). The normalized spacial score (nSPS) is 24.1. The summed E-state index contributed by atoms with van der Waals surface area (Å²) in [4.78, 5) is 0. The molecular formula is C12H17Cl2NO. The zero-order valence-corrected chi connectivity index (χ0v) is 10.9. The number of ether oxygens (including phenoxy) is 1. The van der Waals surface area contributed by atoms with Gasteiger partial charge in [-0.25, -0.2) is 0 Å². The van der Waals surface area contributed by atoms with E-state index in [1.165, 1.54) is 5.56 Å². The molecule has 2 atom stereocenters. The molecule has 0 aliphatic carbocycles. The SMILES string of the molecule is CO[C@@H]1CN[C@@H](Cc2ccc(Cl)cc2)C1.Cl. The van der Waals surface area contributed by atoms with Crippen LogP contribution in [0.15, 0.2) is 24.3 Å². The van der Waals surface area contributed by atoms with Crippen molar-refractivity contribution >= 4 is 24.0 Å². The van der Waals surface area contributed by atoms with Gasteiger partial charge in [-0.1, -0.05) is 23.7 Å². The van der Waals surface area contributed by atoms with Crippen molar-refractivity contribution in [1.29, 1.82) is 0 Å². The van der Waals surface area contributed by atoms with Crippen molar-refractivity contribution in [3.63, 3.8) is 0 Å². The molecule has 0 spiro atoms. The van der Waals surface area contributed by atoms with Crippen LogP contribution in [-0.4, -0.2) is 25.8 Å². The molecule has 1 aliphatic rings. The molecule has 1 aliphatic heterocycles. The first kappa shape index (κ1) is 13.8. The Bertz CT molecular complexity index is 315. The quantitative estimate of drug-likeness (QED) is 0.904. The minimum Gasteiger partial charge on any atom is -0.380 e. The third-order valence-corrected chi connectivity index (χ3v) is 3.16. The highest BCUT2D eigenvalue weighted by atomic mass is 35.5. The fourth-order valence-corrected chi connectivity index (χ4v) is 2.15. The Hall–Kier alpha value is -0.280. The second kappa shape index (κ2) is 6.45. The molecular weight excluding hydrogens is 245 g/mol. The van der Waals surface area contributed by atoms with Crippen LogP contribution in [0.1, 0.15) is 12.0 Å². The summed E-state index contributed by atoms with van der Waals surface area (Å²) >= 11 is 5.84. The predicted octanol–water partition coefficient (Wildman–Crippen LogP) is 2.68. The van der Waals surface area contributed by atoms with Gasteiger partial charge in [0.15, 0.2) is 0 Å². The molecule has 0 aromatic heterocycles. The van der Waals surface area contributed by atoms with E-state index in [1.807, 2.05) is 12.1 Å². The predicted molar refractivity (Wildman–Crippen MR) is 69.6 cm³/mol. The van der Waals surface area contributed by atoms with E-state index in [4.69, 9.17) is 16.3 Å². The Morgan fingerprint density at radius 3 is 2.62 bits per heavy atom. The summed E-state index contributed by atoms with van der Waals surface area (Å²) in [7, 11) is 1.77. The molecule has 0 radical (unpaired) electrons. The van der Waals surface area contributed by atoms with Gasteiger partial charge in [-0.15, -0.1) is 12.4 Å². The molecule has 0 bridgehead atoms. The summed E-state index contributed by atoms with van der Waals surface area (Å²) in [5.74, 6) is 0. The van der Waals surface area contributed by atoms with Crippen LogP contribution in [0.2, 0.25) is 5.02 Å². The highest BCUT2D eigenvalue weighted by Crippen LogP contribution is 2.16. The lowest BCUT2D eigenvalue weighted by Crippen LogP contribution is -2.23. The first-order valence-electron chi connectivity index (χ1n) is 5.28. The highest BCUT2D eigenvalue weighted by Gasteiger charge is 2.23. The van der Waals surface area contributed by atoms with Gasteiger partial charge in [0.05, 0.1) is 6.10 Å². The Kier molecular flexibility index (Phi) is 5.56. The maximum absolute atomic E-state index is 5.84. The Labute approximate surface area is 108 Å². The summed E-state index contributed by atoms with van der Waals surface area (Å²) in [6.07, 6.45) is 2.53. The van der Waals surface area contributed by atoms with E-state index in [2.05, 4.69) is 17.4 Å². The fourth-order valence-electron chi connectivity index (χ4n) is 2.02. The van der Waals surface area contributed by atoms with Crippen LogP contribution in [-0.2, 0) is 11.2 Å². The Morgan fingerprint density at radius 2 is 2.06 bits per heavy atom. The highest BCUT2D eigenvalue weighted by molar-refractivity contribution is 6.30. The first-order chi connectivity index (χ1) is 7.28. The van der Waals surface area contributed by atoms with E-state index in [1.54, 1.807) is 7.11 Å². The van der Waals surface area contributed by atoms with Crippen LogP contribution in [0.3, 0.4) is 0 Å². The molecule has 16 heavy (non-hydrogen) atoms. The van der Waals surface area contributed by atoms with E-state index in [9.17, 15) is 0 Å². The zero-order chi connectivity index (χ0) is 10.7. The van der Waals surface area contributed by atoms with Crippen molar-refractivity contribution in [2.24, 2.45) is 0 Å². The van der Waals surface area contributed by atoms with Crippen molar-refractivity contribution in [3.8, 4) is 0 Å². The van der Waals surface area contributed by atoms with Crippen molar-refractivity contribution in [3.05, 3.63) is 34.9 Å². The second-order valence-electron chi connectivity index (χ2n) is 4.03. The average molecular weight is 262 g/mol. The van der Waals surface area contributed by atoms with Crippen molar-refractivity contribution < 1.29 is 4.74 Å². The van der Waals surface area contributed by atoms with Crippen molar-refractivity contribution in [2.45, 2.75) is 25.0 Å². The molecule has 1 aromatic carbocycles. The fraction of sp³-hybridized carbons (Fsp3) is 0.500. The topological polar surface area (TPSA) is 21.3 Å². The monoisotopic (exact) mass is 261 g/mol. The molecule has 1 fully saturated rings. The molecule has 1 N–H and O–H groups in total. The average Bonchev–Trinajstić information content (AvgIpc) is 2.69. The molecule has 90 valence electrons. The maximum Gasteiger partial charge on any atom is 0.0710 e. The van der Waals surface area contributed by atoms with Crippen LogP contribution in [0.25, 0.3) is 0 Å². The number of benzene rings is 1. The van der Waals surface area contributed by atoms with Gasteiger partial charge in [0.25, 0.3) is 0 Å². The van der Waals surface area contributed by atoms with E-state index >= 15 is 0 Å². The molecule has 0 amide bonds. The smallest absolute Gasteiger partial charge is 0.0710 e. The van der Waals surface area contributed by atoms with E-state index in [0.717, 1.165) is 24.4 Å². The van der Waals surface area contributed by atoms with Gasteiger partial charge in [0, 0.05) is 24.7 Å². The molecule has 1 heterocycles. The number of hydrogen-bond acceptors (Lipinski definition) is 2. The van der Waals surface area contributed by atoms with Gasteiger partial charge in [-0.05, 0) is 30.5 Å². The van der Waals surface area contributed by atoms with E-state index < -0.39 is 0 Å². The minimum absolute atomic E-state index is 0. The van der Waals surface area contributed by atoms with Crippen LogP contribution in [0.5, 0.6) is 0 Å². The lowest BCUT2D eigenvalue weighted by Gasteiger charge is -2.10. The minimum atomic E-state index is 0.